The Balaban J connectivity index is 2.12. The van der Waals surface area contributed by atoms with Crippen LogP contribution in [0, 0.1) is 0 Å². The van der Waals surface area contributed by atoms with Crippen LogP contribution >= 0.6 is 0 Å². The summed E-state index contributed by atoms with van der Waals surface area (Å²) in [4.78, 5) is 2.46. The van der Waals surface area contributed by atoms with Gasteiger partial charge in [0, 0.05) is 12.1 Å². The quantitative estimate of drug-likeness (QED) is 0.881. The van der Waals surface area contributed by atoms with Crippen LogP contribution in [0.4, 0.5) is 0 Å². The molecule has 0 aromatic heterocycles. The Labute approximate surface area is 111 Å². The number of hydrogen-bond acceptors (Lipinski definition) is 2. The molecular formula is C16H25NO. The third-order valence-electron chi connectivity index (χ3n) is 4.26. The molecule has 1 fully saturated rings. The van der Waals surface area contributed by atoms with Gasteiger partial charge in [0.25, 0.3) is 0 Å². The summed E-state index contributed by atoms with van der Waals surface area (Å²) < 4.78 is 0. The number of likely N-dealkylation sites (N-methyl/N-ethyl adjacent to an activating group) is 1. The van der Waals surface area contributed by atoms with Crippen molar-refractivity contribution in [3.63, 3.8) is 0 Å². The predicted molar refractivity (Wildman–Crippen MR) is 75.5 cm³/mol. The Kier molecular flexibility index (Phi) is 4.79. The number of nitrogens with zero attached hydrogens (tertiary/aromatic N) is 1. The molecule has 2 nitrogen and oxygen atoms in total. The highest BCUT2D eigenvalue weighted by Gasteiger charge is 2.30. The zero-order valence-electron chi connectivity index (χ0n) is 11.5. The molecule has 0 amide bonds. The second kappa shape index (κ2) is 6.35. The SMILES string of the molecule is CCN([C@@H](C)c1ccccc1)[C@H]1CCCC[C@@H]1O. The van der Waals surface area contributed by atoms with Crippen molar-refractivity contribution in [1.29, 1.82) is 0 Å². The maximum atomic E-state index is 10.2. The lowest BCUT2D eigenvalue weighted by Gasteiger charge is -2.40. The largest absolute Gasteiger partial charge is 0.391 e. The Bertz CT molecular complexity index is 351. The molecule has 2 rings (SSSR count). The first kappa shape index (κ1) is 13.6. The van der Waals surface area contributed by atoms with Crippen LogP contribution in [0.5, 0.6) is 0 Å². The molecule has 0 bridgehead atoms. The maximum absolute atomic E-state index is 10.2. The van der Waals surface area contributed by atoms with E-state index in [1.807, 2.05) is 0 Å². The number of aliphatic hydroxyl groups is 1. The van der Waals surface area contributed by atoms with Crippen LogP contribution in [0.3, 0.4) is 0 Å². The zero-order valence-corrected chi connectivity index (χ0v) is 11.5. The molecule has 1 aromatic carbocycles. The van der Waals surface area contributed by atoms with Gasteiger partial charge in [-0.05, 0) is 31.9 Å². The lowest BCUT2D eigenvalue weighted by Crippen LogP contribution is -2.46. The fourth-order valence-electron chi connectivity index (χ4n) is 3.20. The number of aliphatic hydroxyl groups excluding tert-OH is 1. The van der Waals surface area contributed by atoms with Gasteiger partial charge in [-0.2, -0.15) is 0 Å². The van der Waals surface area contributed by atoms with E-state index in [1.165, 1.54) is 18.4 Å². The first-order valence-electron chi connectivity index (χ1n) is 7.22. The summed E-state index contributed by atoms with van der Waals surface area (Å²) in [5, 5.41) is 10.2. The van der Waals surface area contributed by atoms with Gasteiger partial charge in [0.15, 0.2) is 0 Å². The van der Waals surface area contributed by atoms with E-state index in [9.17, 15) is 5.11 Å². The number of hydrogen-bond donors (Lipinski definition) is 1. The first-order valence-corrected chi connectivity index (χ1v) is 7.22. The first-order chi connectivity index (χ1) is 8.74. The van der Waals surface area contributed by atoms with E-state index in [0.29, 0.717) is 12.1 Å². The molecule has 0 spiro atoms. The van der Waals surface area contributed by atoms with Crippen LogP contribution in [-0.2, 0) is 0 Å². The van der Waals surface area contributed by atoms with Gasteiger partial charge in [-0.25, -0.2) is 0 Å². The third kappa shape index (κ3) is 2.93. The van der Waals surface area contributed by atoms with Crippen LogP contribution < -0.4 is 0 Å². The molecule has 2 heteroatoms. The molecule has 1 aliphatic carbocycles. The monoisotopic (exact) mass is 247 g/mol. The van der Waals surface area contributed by atoms with Gasteiger partial charge in [0.2, 0.25) is 0 Å². The van der Waals surface area contributed by atoms with Crippen molar-refractivity contribution in [2.24, 2.45) is 0 Å². The van der Waals surface area contributed by atoms with Gasteiger partial charge in [-0.15, -0.1) is 0 Å². The normalized spacial score (nSPS) is 26.2. The lowest BCUT2D eigenvalue weighted by molar-refractivity contribution is 0.00376. The van der Waals surface area contributed by atoms with Crippen LogP contribution in [0.2, 0.25) is 0 Å². The minimum absolute atomic E-state index is 0.148. The average Bonchev–Trinajstić information content (AvgIpc) is 2.42. The molecular weight excluding hydrogens is 222 g/mol. The van der Waals surface area contributed by atoms with E-state index >= 15 is 0 Å². The van der Waals surface area contributed by atoms with Crippen molar-refractivity contribution < 1.29 is 5.11 Å². The summed E-state index contributed by atoms with van der Waals surface area (Å²) in [6.07, 6.45) is 4.37. The molecule has 0 aliphatic heterocycles. The summed E-state index contributed by atoms with van der Waals surface area (Å²) in [6, 6.07) is 11.3. The Morgan fingerprint density at radius 1 is 1.22 bits per heavy atom. The summed E-state index contributed by atoms with van der Waals surface area (Å²) in [5.41, 5.74) is 1.34. The Morgan fingerprint density at radius 2 is 1.89 bits per heavy atom. The molecule has 1 saturated carbocycles. The van der Waals surface area contributed by atoms with Crippen LogP contribution in [-0.4, -0.2) is 28.7 Å². The summed E-state index contributed by atoms with van der Waals surface area (Å²) in [5.74, 6) is 0. The van der Waals surface area contributed by atoms with Crippen molar-refractivity contribution in [1.82, 2.24) is 4.90 Å². The highest BCUT2D eigenvalue weighted by Crippen LogP contribution is 2.29. The molecule has 100 valence electrons. The van der Waals surface area contributed by atoms with Crippen molar-refractivity contribution in [3.05, 3.63) is 35.9 Å². The third-order valence-corrected chi connectivity index (χ3v) is 4.26. The molecule has 18 heavy (non-hydrogen) atoms. The van der Waals surface area contributed by atoms with Gasteiger partial charge in [-0.1, -0.05) is 50.1 Å². The van der Waals surface area contributed by atoms with Crippen LogP contribution in [0.15, 0.2) is 30.3 Å². The second-order valence-corrected chi connectivity index (χ2v) is 5.34. The minimum Gasteiger partial charge on any atom is -0.391 e. The van der Waals surface area contributed by atoms with E-state index in [4.69, 9.17) is 0 Å². The fraction of sp³-hybridized carbons (Fsp3) is 0.625. The van der Waals surface area contributed by atoms with E-state index < -0.39 is 0 Å². The van der Waals surface area contributed by atoms with Gasteiger partial charge in [0.1, 0.15) is 0 Å². The van der Waals surface area contributed by atoms with E-state index in [1.54, 1.807) is 0 Å². The standard InChI is InChI=1S/C16H25NO/c1-3-17(15-11-7-8-12-16(15)18)13(2)14-9-5-4-6-10-14/h4-6,9-10,13,15-16,18H,3,7-8,11-12H2,1-2H3/t13-,15-,16-/m0/s1. The Morgan fingerprint density at radius 3 is 2.50 bits per heavy atom. The topological polar surface area (TPSA) is 23.5 Å². The van der Waals surface area contributed by atoms with Gasteiger partial charge < -0.3 is 5.11 Å². The van der Waals surface area contributed by atoms with Gasteiger partial charge in [0.05, 0.1) is 6.10 Å². The van der Waals surface area contributed by atoms with Gasteiger partial charge in [-0.3, -0.25) is 4.90 Å². The second-order valence-electron chi connectivity index (χ2n) is 5.34. The molecule has 0 saturated heterocycles. The minimum atomic E-state index is -0.148. The van der Waals surface area contributed by atoms with E-state index in [2.05, 4.69) is 49.1 Å². The fourth-order valence-corrected chi connectivity index (χ4v) is 3.20. The lowest BCUT2D eigenvalue weighted by atomic mass is 9.89. The van der Waals surface area contributed by atoms with Crippen molar-refractivity contribution >= 4 is 0 Å². The van der Waals surface area contributed by atoms with Crippen LogP contribution in [0.1, 0.15) is 51.1 Å². The number of rotatable bonds is 4. The maximum Gasteiger partial charge on any atom is 0.0695 e. The molecule has 0 heterocycles. The number of benzene rings is 1. The predicted octanol–water partition coefficient (Wildman–Crippen LogP) is 3.37. The highest BCUT2D eigenvalue weighted by molar-refractivity contribution is 5.18. The molecule has 0 radical (unpaired) electrons. The van der Waals surface area contributed by atoms with Crippen molar-refractivity contribution in [3.8, 4) is 0 Å². The van der Waals surface area contributed by atoms with Crippen molar-refractivity contribution in [2.75, 3.05) is 6.54 Å². The summed E-state index contributed by atoms with van der Waals surface area (Å²) in [7, 11) is 0. The summed E-state index contributed by atoms with van der Waals surface area (Å²) >= 11 is 0. The molecule has 3 atom stereocenters. The summed E-state index contributed by atoms with van der Waals surface area (Å²) in [6.45, 7) is 5.44. The Hall–Kier alpha value is -0.860. The van der Waals surface area contributed by atoms with Crippen molar-refractivity contribution in [2.45, 2.75) is 57.7 Å². The molecule has 1 aliphatic rings. The average molecular weight is 247 g/mol. The molecule has 1 aromatic rings. The van der Waals surface area contributed by atoms with E-state index in [-0.39, 0.29) is 6.10 Å². The molecule has 1 N–H and O–H groups in total. The molecule has 0 unspecified atom stereocenters. The highest BCUT2D eigenvalue weighted by atomic mass is 16.3. The van der Waals surface area contributed by atoms with E-state index in [0.717, 1.165) is 19.4 Å². The van der Waals surface area contributed by atoms with Gasteiger partial charge >= 0.3 is 0 Å². The zero-order chi connectivity index (χ0) is 13.0. The van der Waals surface area contributed by atoms with Crippen LogP contribution in [0.25, 0.3) is 0 Å². The smallest absolute Gasteiger partial charge is 0.0695 e.